The Hall–Kier alpha value is -2.21. The topological polar surface area (TPSA) is 87.2 Å². The molecule has 108 valence electrons. The SMILES string of the molecule is Cc1cc(Br)cc(C)c1C(=N)c1ccc([N+](=O)[O-])cc1O. The molecule has 0 unspecified atom stereocenters. The molecule has 21 heavy (non-hydrogen) atoms. The smallest absolute Gasteiger partial charge is 0.273 e. The van der Waals surface area contributed by atoms with E-state index in [4.69, 9.17) is 5.41 Å². The van der Waals surface area contributed by atoms with Crippen LogP contribution in [0, 0.1) is 29.4 Å². The third kappa shape index (κ3) is 2.95. The van der Waals surface area contributed by atoms with Gasteiger partial charge in [-0.05, 0) is 43.2 Å². The van der Waals surface area contributed by atoms with Gasteiger partial charge in [-0.25, -0.2) is 0 Å². The van der Waals surface area contributed by atoms with Crippen LogP contribution >= 0.6 is 15.9 Å². The minimum Gasteiger partial charge on any atom is -0.507 e. The van der Waals surface area contributed by atoms with Crippen LogP contribution in [0.5, 0.6) is 5.75 Å². The molecule has 0 saturated heterocycles. The summed E-state index contributed by atoms with van der Waals surface area (Å²) in [5, 5.41) is 28.9. The van der Waals surface area contributed by atoms with Crippen molar-refractivity contribution >= 4 is 27.3 Å². The zero-order valence-corrected chi connectivity index (χ0v) is 13.1. The molecule has 0 aliphatic heterocycles. The standard InChI is InChI=1S/C15H13BrN2O3/c1-8-5-10(16)6-9(2)14(8)15(17)12-4-3-11(18(20)21)7-13(12)19/h3-7,17,19H,1-2H3. The Kier molecular flexibility index (Phi) is 4.09. The molecule has 0 aliphatic rings. The lowest BCUT2D eigenvalue weighted by molar-refractivity contribution is -0.384. The second-order valence-electron chi connectivity index (χ2n) is 4.75. The quantitative estimate of drug-likeness (QED) is 0.497. The first-order valence-electron chi connectivity index (χ1n) is 6.14. The Labute approximate surface area is 130 Å². The molecular formula is C15H13BrN2O3. The lowest BCUT2D eigenvalue weighted by atomic mass is 9.93. The Morgan fingerprint density at radius 2 is 1.81 bits per heavy atom. The average Bonchev–Trinajstić information content (AvgIpc) is 2.36. The Balaban J connectivity index is 2.53. The van der Waals surface area contributed by atoms with Crippen LogP contribution in [0.15, 0.2) is 34.8 Å². The van der Waals surface area contributed by atoms with E-state index in [1.165, 1.54) is 12.1 Å². The fraction of sp³-hybridized carbons (Fsp3) is 0.133. The highest BCUT2D eigenvalue weighted by Crippen LogP contribution is 2.29. The van der Waals surface area contributed by atoms with Crippen molar-refractivity contribution in [3.8, 4) is 5.75 Å². The van der Waals surface area contributed by atoms with Gasteiger partial charge in [-0.2, -0.15) is 0 Å². The van der Waals surface area contributed by atoms with Crippen LogP contribution in [-0.2, 0) is 0 Å². The van der Waals surface area contributed by atoms with Gasteiger partial charge in [0.15, 0.2) is 0 Å². The first-order valence-corrected chi connectivity index (χ1v) is 6.94. The number of nitrogens with one attached hydrogen (secondary N) is 1. The van der Waals surface area contributed by atoms with Gasteiger partial charge in [0.1, 0.15) is 5.75 Å². The normalized spacial score (nSPS) is 10.4. The van der Waals surface area contributed by atoms with Crippen molar-refractivity contribution in [1.82, 2.24) is 0 Å². The molecule has 2 aromatic rings. The number of hydrogen-bond donors (Lipinski definition) is 2. The Morgan fingerprint density at radius 1 is 1.24 bits per heavy atom. The number of non-ortho nitro benzene ring substituents is 1. The molecule has 0 amide bonds. The van der Waals surface area contributed by atoms with Crippen LogP contribution in [0.2, 0.25) is 0 Å². The van der Waals surface area contributed by atoms with Crippen molar-refractivity contribution in [2.75, 3.05) is 0 Å². The summed E-state index contributed by atoms with van der Waals surface area (Å²) in [5.41, 5.74) is 2.71. The molecule has 2 rings (SSSR count). The summed E-state index contributed by atoms with van der Waals surface area (Å²) in [7, 11) is 0. The Bertz CT molecular complexity index is 734. The number of nitro benzene ring substituents is 1. The van der Waals surface area contributed by atoms with Gasteiger partial charge in [0.05, 0.1) is 16.7 Å². The highest BCUT2D eigenvalue weighted by atomic mass is 79.9. The maximum Gasteiger partial charge on any atom is 0.273 e. The van der Waals surface area contributed by atoms with E-state index in [2.05, 4.69) is 15.9 Å². The molecule has 0 aliphatic carbocycles. The van der Waals surface area contributed by atoms with E-state index in [1.807, 2.05) is 26.0 Å². The predicted octanol–water partition coefficient (Wildman–Crippen LogP) is 4.10. The average molecular weight is 349 g/mol. The predicted molar refractivity (Wildman–Crippen MR) is 84.3 cm³/mol. The molecule has 0 heterocycles. The number of hydrogen-bond acceptors (Lipinski definition) is 4. The fourth-order valence-corrected chi connectivity index (χ4v) is 2.97. The number of aryl methyl sites for hydroxylation is 2. The third-order valence-corrected chi connectivity index (χ3v) is 3.67. The van der Waals surface area contributed by atoms with Gasteiger partial charge in [0.2, 0.25) is 0 Å². The summed E-state index contributed by atoms with van der Waals surface area (Å²) in [6, 6.07) is 7.52. The highest BCUT2D eigenvalue weighted by molar-refractivity contribution is 9.10. The van der Waals surface area contributed by atoms with E-state index in [0.29, 0.717) is 5.56 Å². The van der Waals surface area contributed by atoms with Crippen molar-refractivity contribution in [2.45, 2.75) is 13.8 Å². The molecule has 0 atom stereocenters. The maximum atomic E-state index is 10.7. The van der Waals surface area contributed by atoms with E-state index >= 15 is 0 Å². The second kappa shape index (κ2) is 5.65. The van der Waals surface area contributed by atoms with Gasteiger partial charge in [0, 0.05) is 21.7 Å². The number of phenols is 1. The van der Waals surface area contributed by atoms with Gasteiger partial charge >= 0.3 is 0 Å². The van der Waals surface area contributed by atoms with E-state index in [1.54, 1.807) is 0 Å². The van der Waals surface area contributed by atoms with Crippen LogP contribution in [0.3, 0.4) is 0 Å². The largest absolute Gasteiger partial charge is 0.507 e. The van der Waals surface area contributed by atoms with Crippen LogP contribution in [-0.4, -0.2) is 15.7 Å². The molecule has 0 saturated carbocycles. The van der Waals surface area contributed by atoms with Gasteiger partial charge in [-0.3, -0.25) is 15.5 Å². The monoisotopic (exact) mass is 348 g/mol. The molecule has 0 radical (unpaired) electrons. The second-order valence-corrected chi connectivity index (χ2v) is 5.66. The van der Waals surface area contributed by atoms with Crippen molar-refractivity contribution in [1.29, 1.82) is 5.41 Å². The van der Waals surface area contributed by atoms with Crippen molar-refractivity contribution in [3.05, 3.63) is 67.2 Å². The molecule has 0 bridgehead atoms. The minimum absolute atomic E-state index is 0.143. The van der Waals surface area contributed by atoms with Crippen LogP contribution in [0.4, 0.5) is 5.69 Å². The molecule has 5 nitrogen and oxygen atoms in total. The van der Waals surface area contributed by atoms with E-state index < -0.39 is 4.92 Å². The molecule has 0 fully saturated rings. The summed E-state index contributed by atoms with van der Waals surface area (Å²) in [6.07, 6.45) is 0. The van der Waals surface area contributed by atoms with Crippen molar-refractivity contribution in [2.24, 2.45) is 0 Å². The number of benzene rings is 2. The number of halogens is 1. The lowest BCUT2D eigenvalue weighted by Crippen LogP contribution is -2.07. The fourth-order valence-electron chi connectivity index (χ4n) is 2.28. The van der Waals surface area contributed by atoms with Crippen LogP contribution in [0.1, 0.15) is 22.3 Å². The molecule has 2 aromatic carbocycles. The highest BCUT2D eigenvalue weighted by Gasteiger charge is 2.17. The number of rotatable bonds is 3. The van der Waals surface area contributed by atoms with Gasteiger partial charge in [-0.1, -0.05) is 15.9 Å². The maximum absolute atomic E-state index is 10.7. The van der Waals surface area contributed by atoms with Crippen LogP contribution in [0.25, 0.3) is 0 Å². The molecular weight excluding hydrogens is 336 g/mol. The summed E-state index contributed by atoms with van der Waals surface area (Å²) in [4.78, 5) is 10.1. The summed E-state index contributed by atoms with van der Waals surface area (Å²) in [6.45, 7) is 3.76. The summed E-state index contributed by atoms with van der Waals surface area (Å²) in [5.74, 6) is -0.268. The summed E-state index contributed by atoms with van der Waals surface area (Å²) < 4.78 is 0.918. The minimum atomic E-state index is -0.580. The first kappa shape index (κ1) is 15.2. The van der Waals surface area contributed by atoms with Gasteiger partial charge in [-0.15, -0.1) is 0 Å². The molecule has 0 spiro atoms. The van der Waals surface area contributed by atoms with E-state index in [0.717, 1.165) is 21.7 Å². The number of nitro groups is 1. The zero-order chi connectivity index (χ0) is 15.7. The molecule has 2 N–H and O–H groups in total. The number of aromatic hydroxyl groups is 1. The van der Waals surface area contributed by atoms with Crippen molar-refractivity contribution in [3.63, 3.8) is 0 Å². The Morgan fingerprint density at radius 3 is 2.29 bits per heavy atom. The molecule has 6 heteroatoms. The van der Waals surface area contributed by atoms with E-state index in [9.17, 15) is 15.2 Å². The van der Waals surface area contributed by atoms with Crippen LogP contribution < -0.4 is 0 Å². The summed E-state index contributed by atoms with van der Waals surface area (Å²) >= 11 is 3.40. The van der Waals surface area contributed by atoms with Crippen molar-refractivity contribution < 1.29 is 10.0 Å². The van der Waals surface area contributed by atoms with E-state index in [-0.39, 0.29) is 22.7 Å². The number of nitrogens with zero attached hydrogens (tertiary/aromatic N) is 1. The number of phenolic OH excluding ortho intramolecular Hbond substituents is 1. The first-order chi connectivity index (χ1) is 9.81. The zero-order valence-electron chi connectivity index (χ0n) is 11.5. The third-order valence-electron chi connectivity index (χ3n) is 3.21. The van der Waals surface area contributed by atoms with Gasteiger partial charge in [0.25, 0.3) is 5.69 Å². The van der Waals surface area contributed by atoms with Gasteiger partial charge < -0.3 is 5.11 Å². The lowest BCUT2D eigenvalue weighted by Gasteiger charge is -2.13. The molecule has 0 aromatic heterocycles.